The highest BCUT2D eigenvalue weighted by Gasteiger charge is 2.31. The molecule has 2 heterocycles. The molecule has 1 saturated heterocycles. The van der Waals surface area contributed by atoms with Gasteiger partial charge in [-0.2, -0.15) is 0 Å². The molecule has 1 aliphatic rings. The normalized spacial score (nSPS) is 17.6. The van der Waals surface area contributed by atoms with Crippen LogP contribution >= 0.6 is 0 Å². The maximum atomic E-state index is 12.0. The lowest BCUT2D eigenvalue weighted by molar-refractivity contribution is -0.274. The first-order chi connectivity index (χ1) is 8.98. The molecule has 0 unspecified atom stereocenters. The molecule has 1 aromatic heterocycles. The van der Waals surface area contributed by atoms with Crippen LogP contribution in [0.25, 0.3) is 0 Å². The number of aliphatic hydroxyl groups is 1. The summed E-state index contributed by atoms with van der Waals surface area (Å²) in [4.78, 5) is 5.97. The van der Waals surface area contributed by atoms with Crippen LogP contribution in [0.1, 0.15) is 12.8 Å². The van der Waals surface area contributed by atoms with E-state index in [4.69, 9.17) is 5.11 Å². The summed E-state index contributed by atoms with van der Waals surface area (Å²) < 4.78 is 39.7. The third-order valence-electron chi connectivity index (χ3n) is 3.15. The van der Waals surface area contributed by atoms with E-state index in [1.165, 1.54) is 12.1 Å². The van der Waals surface area contributed by atoms with Crippen molar-refractivity contribution in [3.05, 3.63) is 18.3 Å². The lowest BCUT2D eigenvalue weighted by Crippen LogP contribution is -2.35. The van der Waals surface area contributed by atoms with E-state index in [-0.39, 0.29) is 12.4 Å². The SMILES string of the molecule is OCC1CCN(c2ccc(OC(F)(F)F)cn2)CC1. The minimum atomic E-state index is -4.69. The van der Waals surface area contributed by atoms with Gasteiger partial charge in [0.1, 0.15) is 11.6 Å². The van der Waals surface area contributed by atoms with Crippen molar-refractivity contribution in [3.63, 3.8) is 0 Å². The number of alkyl halides is 3. The minimum Gasteiger partial charge on any atom is -0.404 e. The molecule has 0 amide bonds. The number of anilines is 1. The van der Waals surface area contributed by atoms with E-state index >= 15 is 0 Å². The molecule has 1 N–H and O–H groups in total. The third kappa shape index (κ3) is 3.99. The third-order valence-corrected chi connectivity index (χ3v) is 3.15. The molecule has 1 aromatic rings. The summed E-state index contributed by atoms with van der Waals surface area (Å²) in [5.74, 6) is 0.622. The van der Waals surface area contributed by atoms with Gasteiger partial charge in [0.25, 0.3) is 0 Å². The largest absolute Gasteiger partial charge is 0.573 e. The van der Waals surface area contributed by atoms with Crippen LogP contribution in [0.2, 0.25) is 0 Å². The van der Waals surface area contributed by atoms with Crippen molar-refractivity contribution in [2.24, 2.45) is 5.92 Å². The first kappa shape index (κ1) is 13.9. The molecule has 0 saturated carbocycles. The van der Waals surface area contributed by atoms with Gasteiger partial charge in [0.15, 0.2) is 0 Å². The van der Waals surface area contributed by atoms with Crippen molar-refractivity contribution < 1.29 is 23.0 Å². The highest BCUT2D eigenvalue weighted by atomic mass is 19.4. The van der Waals surface area contributed by atoms with Crippen LogP contribution in [0.15, 0.2) is 18.3 Å². The topological polar surface area (TPSA) is 45.6 Å². The number of nitrogens with zero attached hydrogens (tertiary/aromatic N) is 2. The molecule has 7 heteroatoms. The van der Waals surface area contributed by atoms with Gasteiger partial charge >= 0.3 is 6.36 Å². The summed E-state index contributed by atoms with van der Waals surface area (Å²) >= 11 is 0. The summed E-state index contributed by atoms with van der Waals surface area (Å²) in [5.41, 5.74) is 0. The fourth-order valence-electron chi connectivity index (χ4n) is 2.10. The van der Waals surface area contributed by atoms with Crippen LogP contribution in [0.3, 0.4) is 0 Å². The standard InChI is InChI=1S/C12H15F3N2O2/c13-12(14,15)19-10-1-2-11(16-7-10)17-5-3-9(8-18)4-6-17/h1-2,7,9,18H,3-6,8H2. The number of rotatable bonds is 3. The molecule has 0 radical (unpaired) electrons. The van der Waals surface area contributed by atoms with Gasteiger partial charge in [-0.3, -0.25) is 0 Å². The van der Waals surface area contributed by atoms with E-state index in [1.807, 2.05) is 4.90 Å². The maximum absolute atomic E-state index is 12.0. The average Bonchev–Trinajstić information content (AvgIpc) is 2.38. The van der Waals surface area contributed by atoms with Gasteiger partial charge in [-0.15, -0.1) is 13.2 Å². The Kier molecular flexibility index (Phi) is 4.14. The number of ether oxygens (including phenoxy) is 1. The fraction of sp³-hybridized carbons (Fsp3) is 0.583. The quantitative estimate of drug-likeness (QED) is 0.919. The fourth-order valence-corrected chi connectivity index (χ4v) is 2.10. The summed E-state index contributed by atoms with van der Waals surface area (Å²) in [6.07, 6.45) is -1.90. The zero-order valence-corrected chi connectivity index (χ0v) is 10.2. The van der Waals surface area contributed by atoms with Crippen LogP contribution in [0, 0.1) is 5.92 Å². The van der Waals surface area contributed by atoms with E-state index in [0.717, 1.165) is 32.1 Å². The Labute approximate surface area is 108 Å². The molecule has 0 bridgehead atoms. The van der Waals surface area contributed by atoms with Crippen molar-refractivity contribution in [2.75, 3.05) is 24.6 Å². The van der Waals surface area contributed by atoms with Gasteiger partial charge in [-0.1, -0.05) is 0 Å². The summed E-state index contributed by atoms with van der Waals surface area (Å²) in [7, 11) is 0. The lowest BCUT2D eigenvalue weighted by Gasteiger charge is -2.31. The molecule has 0 atom stereocenters. The number of halogens is 3. The highest BCUT2D eigenvalue weighted by molar-refractivity contribution is 5.41. The molecule has 19 heavy (non-hydrogen) atoms. The van der Waals surface area contributed by atoms with Crippen molar-refractivity contribution in [3.8, 4) is 5.75 Å². The van der Waals surface area contributed by atoms with E-state index < -0.39 is 6.36 Å². The minimum absolute atomic E-state index is 0.180. The Bertz CT molecular complexity index is 400. The average molecular weight is 276 g/mol. The van der Waals surface area contributed by atoms with Gasteiger partial charge in [0.2, 0.25) is 0 Å². The van der Waals surface area contributed by atoms with Gasteiger partial charge in [-0.25, -0.2) is 4.98 Å². The predicted octanol–water partition coefficient (Wildman–Crippen LogP) is 2.19. The molecule has 1 fully saturated rings. The van der Waals surface area contributed by atoms with Crippen molar-refractivity contribution in [2.45, 2.75) is 19.2 Å². The van der Waals surface area contributed by atoms with E-state index in [1.54, 1.807) is 0 Å². The predicted molar refractivity (Wildman–Crippen MR) is 62.9 cm³/mol. The number of aromatic nitrogens is 1. The van der Waals surface area contributed by atoms with E-state index in [0.29, 0.717) is 11.7 Å². The van der Waals surface area contributed by atoms with Crippen LogP contribution in [-0.2, 0) is 0 Å². The number of hydrogen-bond acceptors (Lipinski definition) is 4. The Hall–Kier alpha value is -1.50. The zero-order valence-electron chi connectivity index (χ0n) is 10.2. The van der Waals surface area contributed by atoms with Crippen LogP contribution in [0.4, 0.5) is 19.0 Å². The molecule has 1 aliphatic heterocycles. The number of pyridine rings is 1. The summed E-state index contributed by atoms with van der Waals surface area (Å²) in [6, 6.07) is 2.77. The molecule has 2 rings (SSSR count). The Balaban J connectivity index is 1.95. The van der Waals surface area contributed by atoms with E-state index in [2.05, 4.69) is 9.72 Å². The van der Waals surface area contributed by atoms with Crippen LogP contribution in [-0.4, -0.2) is 36.1 Å². The highest BCUT2D eigenvalue weighted by Crippen LogP contribution is 2.25. The molecule has 0 aliphatic carbocycles. The zero-order chi connectivity index (χ0) is 13.9. The van der Waals surface area contributed by atoms with Crippen molar-refractivity contribution >= 4 is 5.82 Å². The van der Waals surface area contributed by atoms with Crippen LogP contribution in [0.5, 0.6) is 5.75 Å². The molecule has 0 spiro atoms. The summed E-state index contributed by atoms with van der Waals surface area (Å²) in [6.45, 7) is 1.68. The molecule has 106 valence electrons. The smallest absolute Gasteiger partial charge is 0.404 e. The first-order valence-corrected chi connectivity index (χ1v) is 6.05. The molecular formula is C12H15F3N2O2. The number of piperidine rings is 1. The maximum Gasteiger partial charge on any atom is 0.573 e. The van der Waals surface area contributed by atoms with Crippen LogP contribution < -0.4 is 9.64 Å². The molecular weight excluding hydrogens is 261 g/mol. The van der Waals surface area contributed by atoms with Gasteiger partial charge in [0.05, 0.1) is 6.20 Å². The van der Waals surface area contributed by atoms with Gasteiger partial charge in [0, 0.05) is 19.7 Å². The monoisotopic (exact) mass is 276 g/mol. The Morgan fingerprint density at radius 2 is 2.00 bits per heavy atom. The van der Waals surface area contributed by atoms with Crippen molar-refractivity contribution in [1.82, 2.24) is 4.98 Å². The Morgan fingerprint density at radius 3 is 2.47 bits per heavy atom. The van der Waals surface area contributed by atoms with Crippen molar-refractivity contribution in [1.29, 1.82) is 0 Å². The second-order valence-electron chi connectivity index (χ2n) is 4.51. The number of hydrogen-bond donors (Lipinski definition) is 1. The second-order valence-corrected chi connectivity index (χ2v) is 4.51. The van der Waals surface area contributed by atoms with Gasteiger partial charge < -0.3 is 14.7 Å². The Morgan fingerprint density at radius 1 is 1.32 bits per heavy atom. The first-order valence-electron chi connectivity index (χ1n) is 6.05. The van der Waals surface area contributed by atoms with E-state index in [9.17, 15) is 13.2 Å². The molecule has 0 aromatic carbocycles. The molecule has 4 nitrogen and oxygen atoms in total. The lowest BCUT2D eigenvalue weighted by atomic mass is 9.98. The number of aliphatic hydroxyl groups excluding tert-OH is 1. The second kappa shape index (κ2) is 5.64. The van der Waals surface area contributed by atoms with Gasteiger partial charge in [-0.05, 0) is 30.9 Å². The summed E-state index contributed by atoms with van der Waals surface area (Å²) in [5, 5.41) is 9.04.